The molecule has 0 amide bonds. The molecule has 1 heterocycles. The number of methoxy groups -OCH3 is 1. The quantitative estimate of drug-likeness (QED) is 0.799. The Morgan fingerprint density at radius 2 is 2.18 bits per heavy atom. The minimum Gasteiger partial charge on any atom is -0.465 e. The van der Waals surface area contributed by atoms with Crippen LogP contribution in [-0.4, -0.2) is 18.1 Å². The van der Waals surface area contributed by atoms with Crippen LogP contribution in [0, 0.1) is 0 Å². The Hall–Kier alpha value is -2.36. The van der Waals surface area contributed by atoms with E-state index in [0.29, 0.717) is 11.3 Å². The maximum Gasteiger partial charge on any atom is 0.337 e. The first-order valence-electron chi connectivity index (χ1n) is 5.10. The highest BCUT2D eigenvalue weighted by Gasteiger charge is 2.08. The van der Waals surface area contributed by atoms with Gasteiger partial charge in [0, 0.05) is 23.6 Å². The lowest BCUT2D eigenvalue weighted by atomic mass is 10.0. The van der Waals surface area contributed by atoms with Crippen LogP contribution in [0.25, 0.3) is 11.1 Å². The number of ether oxygens (including phenoxy) is 1. The number of carbonyl (C=O) groups is 1. The zero-order chi connectivity index (χ0) is 12.3. The van der Waals surface area contributed by atoms with Crippen molar-refractivity contribution in [3.8, 4) is 11.1 Å². The summed E-state index contributed by atoms with van der Waals surface area (Å²) in [7, 11) is 1.35. The number of anilines is 1. The summed E-state index contributed by atoms with van der Waals surface area (Å²) in [5.74, 6) is -0.366. The monoisotopic (exact) mass is 228 g/mol. The maximum atomic E-state index is 11.4. The Labute approximate surface area is 99.1 Å². The largest absolute Gasteiger partial charge is 0.465 e. The van der Waals surface area contributed by atoms with Gasteiger partial charge in [0.25, 0.3) is 0 Å². The average molecular weight is 228 g/mol. The second-order valence-corrected chi connectivity index (χ2v) is 3.54. The van der Waals surface area contributed by atoms with E-state index in [1.807, 2.05) is 6.07 Å². The number of rotatable bonds is 2. The Kier molecular flexibility index (Phi) is 3.05. The lowest BCUT2D eigenvalue weighted by Gasteiger charge is -2.06. The molecule has 2 aromatic rings. The van der Waals surface area contributed by atoms with Crippen LogP contribution in [0.15, 0.2) is 42.7 Å². The number of benzene rings is 1. The summed E-state index contributed by atoms with van der Waals surface area (Å²) in [5, 5.41) is 0. The maximum absolute atomic E-state index is 11.4. The van der Waals surface area contributed by atoms with Gasteiger partial charge in [0.1, 0.15) is 0 Å². The molecule has 0 aliphatic heterocycles. The topological polar surface area (TPSA) is 65.2 Å². The summed E-state index contributed by atoms with van der Waals surface area (Å²) < 4.78 is 4.67. The van der Waals surface area contributed by atoms with E-state index >= 15 is 0 Å². The van der Waals surface area contributed by atoms with Crippen LogP contribution >= 0.6 is 0 Å². The SMILES string of the molecule is COC(=O)c1cccc(-c2cnccc2N)c1. The third-order valence-electron chi connectivity index (χ3n) is 2.45. The molecule has 4 nitrogen and oxygen atoms in total. The molecule has 0 saturated carbocycles. The number of hydrogen-bond acceptors (Lipinski definition) is 4. The number of nitrogens with zero attached hydrogens (tertiary/aromatic N) is 1. The fraction of sp³-hybridized carbons (Fsp3) is 0.0769. The van der Waals surface area contributed by atoms with Gasteiger partial charge < -0.3 is 10.5 Å². The fourth-order valence-electron chi connectivity index (χ4n) is 1.58. The molecule has 0 radical (unpaired) electrons. The Morgan fingerprint density at radius 1 is 1.35 bits per heavy atom. The van der Waals surface area contributed by atoms with E-state index in [9.17, 15) is 4.79 Å². The van der Waals surface area contributed by atoms with Gasteiger partial charge in [0.05, 0.1) is 12.7 Å². The predicted molar refractivity (Wildman–Crippen MR) is 65.4 cm³/mol. The predicted octanol–water partition coefficient (Wildman–Crippen LogP) is 2.12. The molecule has 1 aromatic heterocycles. The zero-order valence-electron chi connectivity index (χ0n) is 9.38. The van der Waals surface area contributed by atoms with Crippen molar-refractivity contribution in [2.45, 2.75) is 0 Å². The molecule has 0 unspecified atom stereocenters. The third-order valence-corrected chi connectivity index (χ3v) is 2.45. The summed E-state index contributed by atoms with van der Waals surface area (Å²) in [5.41, 5.74) is 8.63. The molecule has 86 valence electrons. The van der Waals surface area contributed by atoms with Gasteiger partial charge in [-0.1, -0.05) is 12.1 Å². The molecule has 0 spiro atoms. The molecule has 0 fully saturated rings. The number of hydrogen-bond donors (Lipinski definition) is 1. The molecule has 0 aliphatic rings. The van der Waals surface area contributed by atoms with Crippen molar-refractivity contribution in [3.05, 3.63) is 48.3 Å². The normalized spacial score (nSPS) is 9.94. The number of esters is 1. The second kappa shape index (κ2) is 4.65. The Bertz CT molecular complexity index is 553. The minimum absolute atomic E-state index is 0.366. The van der Waals surface area contributed by atoms with Gasteiger partial charge in [0.15, 0.2) is 0 Å². The van der Waals surface area contributed by atoms with Crippen molar-refractivity contribution < 1.29 is 9.53 Å². The van der Waals surface area contributed by atoms with Crippen LogP contribution in [0.4, 0.5) is 5.69 Å². The van der Waals surface area contributed by atoms with E-state index in [4.69, 9.17) is 5.73 Å². The van der Waals surface area contributed by atoms with Gasteiger partial charge in [-0.3, -0.25) is 4.98 Å². The van der Waals surface area contributed by atoms with Gasteiger partial charge in [-0.2, -0.15) is 0 Å². The molecule has 17 heavy (non-hydrogen) atoms. The van der Waals surface area contributed by atoms with Crippen molar-refractivity contribution in [2.24, 2.45) is 0 Å². The first kappa shape index (κ1) is 11.1. The number of nitrogens with two attached hydrogens (primary N) is 1. The molecule has 0 aliphatic carbocycles. The molecule has 2 rings (SSSR count). The smallest absolute Gasteiger partial charge is 0.337 e. The lowest BCUT2D eigenvalue weighted by Crippen LogP contribution is -2.01. The van der Waals surface area contributed by atoms with Crippen LogP contribution in [-0.2, 0) is 4.74 Å². The summed E-state index contributed by atoms with van der Waals surface area (Å²) in [6.07, 6.45) is 3.30. The minimum atomic E-state index is -0.366. The van der Waals surface area contributed by atoms with Crippen LogP contribution in [0.2, 0.25) is 0 Å². The van der Waals surface area contributed by atoms with E-state index in [-0.39, 0.29) is 5.97 Å². The molecule has 2 N–H and O–H groups in total. The van der Waals surface area contributed by atoms with Crippen molar-refractivity contribution in [2.75, 3.05) is 12.8 Å². The summed E-state index contributed by atoms with van der Waals surface area (Å²) in [4.78, 5) is 15.4. The third kappa shape index (κ3) is 2.25. The van der Waals surface area contributed by atoms with Crippen molar-refractivity contribution >= 4 is 11.7 Å². The first-order valence-corrected chi connectivity index (χ1v) is 5.10. The molecule has 4 heteroatoms. The lowest BCUT2D eigenvalue weighted by molar-refractivity contribution is 0.0601. The zero-order valence-corrected chi connectivity index (χ0v) is 9.38. The number of carbonyl (C=O) groups excluding carboxylic acids is 1. The molecule has 1 aromatic carbocycles. The van der Waals surface area contributed by atoms with E-state index in [1.54, 1.807) is 36.7 Å². The Balaban J connectivity index is 2.47. The first-order chi connectivity index (χ1) is 8.22. The number of nitrogen functional groups attached to an aromatic ring is 1. The van der Waals surface area contributed by atoms with E-state index in [1.165, 1.54) is 7.11 Å². The summed E-state index contributed by atoms with van der Waals surface area (Å²) >= 11 is 0. The number of pyridine rings is 1. The molecular weight excluding hydrogens is 216 g/mol. The van der Waals surface area contributed by atoms with Crippen molar-refractivity contribution in [3.63, 3.8) is 0 Å². The van der Waals surface area contributed by atoms with Crippen LogP contribution in [0.5, 0.6) is 0 Å². The van der Waals surface area contributed by atoms with Crippen LogP contribution in [0.1, 0.15) is 10.4 Å². The van der Waals surface area contributed by atoms with Crippen LogP contribution in [0.3, 0.4) is 0 Å². The molecule has 0 atom stereocenters. The van der Waals surface area contributed by atoms with Gasteiger partial charge in [-0.05, 0) is 23.8 Å². The van der Waals surface area contributed by atoms with E-state index < -0.39 is 0 Å². The highest BCUT2D eigenvalue weighted by molar-refractivity contribution is 5.91. The molecular formula is C13H12N2O2. The molecule has 0 bridgehead atoms. The Morgan fingerprint density at radius 3 is 2.88 bits per heavy atom. The number of aromatic nitrogens is 1. The summed E-state index contributed by atoms with van der Waals surface area (Å²) in [6, 6.07) is 8.81. The summed E-state index contributed by atoms with van der Waals surface area (Å²) in [6.45, 7) is 0. The molecule has 0 saturated heterocycles. The van der Waals surface area contributed by atoms with Crippen molar-refractivity contribution in [1.82, 2.24) is 4.98 Å². The average Bonchev–Trinajstić information content (AvgIpc) is 2.38. The van der Waals surface area contributed by atoms with Gasteiger partial charge in [-0.15, -0.1) is 0 Å². The van der Waals surface area contributed by atoms with Crippen LogP contribution < -0.4 is 5.73 Å². The highest BCUT2D eigenvalue weighted by atomic mass is 16.5. The van der Waals surface area contributed by atoms with Gasteiger partial charge in [0.2, 0.25) is 0 Å². The van der Waals surface area contributed by atoms with E-state index in [0.717, 1.165) is 11.1 Å². The standard InChI is InChI=1S/C13H12N2O2/c1-17-13(16)10-4-2-3-9(7-10)11-8-15-6-5-12(11)14/h2-8H,1H3,(H2,14,15). The van der Waals surface area contributed by atoms with Gasteiger partial charge >= 0.3 is 5.97 Å². The second-order valence-electron chi connectivity index (χ2n) is 3.54. The van der Waals surface area contributed by atoms with E-state index in [2.05, 4.69) is 9.72 Å². The highest BCUT2D eigenvalue weighted by Crippen LogP contribution is 2.25. The fourth-order valence-corrected chi connectivity index (χ4v) is 1.58. The van der Waals surface area contributed by atoms with Crippen molar-refractivity contribution in [1.29, 1.82) is 0 Å². The van der Waals surface area contributed by atoms with Gasteiger partial charge in [-0.25, -0.2) is 4.79 Å².